The highest BCUT2D eigenvalue weighted by atomic mass is 16.1. The van der Waals surface area contributed by atoms with Gasteiger partial charge in [-0.15, -0.1) is 0 Å². The van der Waals surface area contributed by atoms with E-state index in [1.54, 1.807) is 12.3 Å². The summed E-state index contributed by atoms with van der Waals surface area (Å²) in [5.41, 5.74) is 0.799. The van der Waals surface area contributed by atoms with E-state index in [-0.39, 0.29) is 5.56 Å². The van der Waals surface area contributed by atoms with Crippen molar-refractivity contribution in [2.75, 3.05) is 37.6 Å². The fourth-order valence-electron chi connectivity index (χ4n) is 2.08. The van der Waals surface area contributed by atoms with Gasteiger partial charge in [0, 0.05) is 32.2 Å². The standard InChI is InChI=1S/C11H18N4O/c1-2-3-14-4-6-15(7-5-14)10-8-11(16)13-12-9-10/h8-9H,2-7H2,1H3,(H,13,16). The zero-order valence-corrected chi connectivity index (χ0v) is 9.65. The molecule has 88 valence electrons. The molecule has 2 heterocycles. The molecule has 0 bridgehead atoms. The minimum absolute atomic E-state index is 0.131. The Balaban J connectivity index is 1.96. The van der Waals surface area contributed by atoms with Crippen LogP contribution >= 0.6 is 0 Å². The molecular formula is C11H18N4O. The maximum atomic E-state index is 11.1. The van der Waals surface area contributed by atoms with Crippen LogP contribution in [-0.4, -0.2) is 47.8 Å². The first-order valence-electron chi connectivity index (χ1n) is 5.81. The van der Waals surface area contributed by atoms with Crippen LogP contribution in [0.5, 0.6) is 0 Å². The molecule has 16 heavy (non-hydrogen) atoms. The summed E-state index contributed by atoms with van der Waals surface area (Å²) in [5, 5.41) is 6.22. The predicted octanol–water partition coefficient (Wildman–Crippen LogP) is 0.302. The number of aromatic nitrogens is 2. The van der Waals surface area contributed by atoms with Gasteiger partial charge in [0.15, 0.2) is 0 Å². The maximum absolute atomic E-state index is 11.1. The highest BCUT2D eigenvalue weighted by Gasteiger charge is 2.16. The van der Waals surface area contributed by atoms with E-state index in [2.05, 4.69) is 26.9 Å². The molecule has 5 nitrogen and oxygen atoms in total. The monoisotopic (exact) mass is 222 g/mol. The lowest BCUT2D eigenvalue weighted by Gasteiger charge is -2.35. The van der Waals surface area contributed by atoms with Crippen LogP contribution in [0.3, 0.4) is 0 Å². The Morgan fingerprint density at radius 2 is 2.12 bits per heavy atom. The Morgan fingerprint density at radius 1 is 1.38 bits per heavy atom. The number of rotatable bonds is 3. The average Bonchev–Trinajstić information content (AvgIpc) is 2.30. The van der Waals surface area contributed by atoms with Gasteiger partial charge in [-0.1, -0.05) is 6.92 Å². The topological polar surface area (TPSA) is 52.2 Å². The summed E-state index contributed by atoms with van der Waals surface area (Å²) in [6, 6.07) is 1.61. The molecule has 0 saturated carbocycles. The summed E-state index contributed by atoms with van der Waals surface area (Å²) < 4.78 is 0. The number of hydrogen-bond acceptors (Lipinski definition) is 4. The average molecular weight is 222 g/mol. The highest BCUT2D eigenvalue weighted by Crippen LogP contribution is 2.12. The molecule has 0 aliphatic carbocycles. The van der Waals surface area contributed by atoms with Gasteiger partial charge >= 0.3 is 0 Å². The van der Waals surface area contributed by atoms with Crippen molar-refractivity contribution in [3.05, 3.63) is 22.6 Å². The molecule has 0 unspecified atom stereocenters. The Kier molecular flexibility index (Phi) is 3.56. The summed E-state index contributed by atoms with van der Waals surface area (Å²) in [5.74, 6) is 0. The molecule has 1 aliphatic rings. The lowest BCUT2D eigenvalue weighted by Crippen LogP contribution is -2.46. The van der Waals surface area contributed by atoms with E-state index in [0.717, 1.165) is 31.9 Å². The smallest absolute Gasteiger partial charge is 0.266 e. The molecule has 0 aromatic carbocycles. The molecule has 0 atom stereocenters. The van der Waals surface area contributed by atoms with Gasteiger partial charge < -0.3 is 4.90 Å². The van der Waals surface area contributed by atoms with Crippen molar-refractivity contribution in [1.29, 1.82) is 0 Å². The fourth-order valence-corrected chi connectivity index (χ4v) is 2.08. The number of nitrogens with zero attached hydrogens (tertiary/aromatic N) is 3. The van der Waals surface area contributed by atoms with Gasteiger partial charge in [0.25, 0.3) is 5.56 Å². The third-order valence-corrected chi connectivity index (χ3v) is 2.93. The van der Waals surface area contributed by atoms with E-state index >= 15 is 0 Å². The minimum atomic E-state index is -0.131. The van der Waals surface area contributed by atoms with Crippen LogP contribution < -0.4 is 10.5 Å². The van der Waals surface area contributed by atoms with E-state index in [4.69, 9.17) is 0 Å². The van der Waals surface area contributed by atoms with Crippen molar-refractivity contribution < 1.29 is 0 Å². The van der Waals surface area contributed by atoms with Gasteiger partial charge in [0.2, 0.25) is 0 Å². The zero-order valence-electron chi connectivity index (χ0n) is 9.65. The first-order valence-corrected chi connectivity index (χ1v) is 5.81. The van der Waals surface area contributed by atoms with Crippen molar-refractivity contribution in [2.45, 2.75) is 13.3 Å². The van der Waals surface area contributed by atoms with E-state index in [1.165, 1.54) is 13.0 Å². The normalized spacial score (nSPS) is 17.7. The molecule has 1 fully saturated rings. The lowest BCUT2D eigenvalue weighted by molar-refractivity contribution is 0.258. The summed E-state index contributed by atoms with van der Waals surface area (Å²) in [6.45, 7) is 7.46. The zero-order chi connectivity index (χ0) is 11.4. The van der Waals surface area contributed by atoms with Crippen LogP contribution in [0.2, 0.25) is 0 Å². The third kappa shape index (κ3) is 2.61. The number of H-pyrrole nitrogens is 1. The summed E-state index contributed by atoms with van der Waals surface area (Å²) in [6.07, 6.45) is 2.92. The largest absolute Gasteiger partial charge is 0.368 e. The van der Waals surface area contributed by atoms with Gasteiger partial charge in [0.1, 0.15) is 0 Å². The quantitative estimate of drug-likeness (QED) is 0.799. The first-order chi connectivity index (χ1) is 7.79. The lowest BCUT2D eigenvalue weighted by atomic mass is 10.2. The van der Waals surface area contributed by atoms with Gasteiger partial charge in [0.05, 0.1) is 11.9 Å². The second kappa shape index (κ2) is 5.12. The third-order valence-electron chi connectivity index (χ3n) is 2.93. The van der Waals surface area contributed by atoms with Crippen LogP contribution in [-0.2, 0) is 0 Å². The molecule has 1 aromatic heterocycles. The van der Waals surface area contributed by atoms with Crippen molar-refractivity contribution in [1.82, 2.24) is 15.1 Å². The molecule has 2 rings (SSSR count). The second-order valence-electron chi connectivity index (χ2n) is 4.13. The van der Waals surface area contributed by atoms with E-state index in [1.807, 2.05) is 0 Å². The number of aromatic amines is 1. The van der Waals surface area contributed by atoms with Crippen LogP contribution in [0.25, 0.3) is 0 Å². The molecule has 0 spiro atoms. The summed E-state index contributed by atoms with van der Waals surface area (Å²) in [4.78, 5) is 15.8. The Morgan fingerprint density at radius 3 is 2.75 bits per heavy atom. The van der Waals surface area contributed by atoms with Crippen molar-refractivity contribution in [3.8, 4) is 0 Å². The number of anilines is 1. The van der Waals surface area contributed by atoms with E-state index in [9.17, 15) is 4.79 Å². The number of piperazine rings is 1. The van der Waals surface area contributed by atoms with Crippen molar-refractivity contribution in [3.63, 3.8) is 0 Å². The van der Waals surface area contributed by atoms with E-state index in [0.29, 0.717) is 0 Å². The second-order valence-corrected chi connectivity index (χ2v) is 4.13. The van der Waals surface area contributed by atoms with Crippen LogP contribution in [0.15, 0.2) is 17.1 Å². The molecule has 1 saturated heterocycles. The molecule has 1 aromatic rings. The van der Waals surface area contributed by atoms with Crippen molar-refractivity contribution in [2.24, 2.45) is 0 Å². The Bertz CT molecular complexity index is 382. The first kappa shape index (κ1) is 11.1. The molecule has 1 aliphatic heterocycles. The summed E-state index contributed by atoms with van der Waals surface area (Å²) >= 11 is 0. The Hall–Kier alpha value is -1.36. The minimum Gasteiger partial charge on any atom is -0.368 e. The van der Waals surface area contributed by atoms with Crippen LogP contribution in [0.1, 0.15) is 13.3 Å². The maximum Gasteiger partial charge on any atom is 0.266 e. The van der Waals surface area contributed by atoms with Gasteiger partial charge in [-0.05, 0) is 13.0 Å². The Labute approximate surface area is 95.1 Å². The molecule has 0 amide bonds. The highest BCUT2D eigenvalue weighted by molar-refractivity contribution is 5.43. The fraction of sp³-hybridized carbons (Fsp3) is 0.636. The molecule has 1 N–H and O–H groups in total. The van der Waals surface area contributed by atoms with E-state index < -0.39 is 0 Å². The summed E-state index contributed by atoms with van der Waals surface area (Å²) in [7, 11) is 0. The van der Waals surface area contributed by atoms with Gasteiger partial charge in [-0.2, -0.15) is 5.10 Å². The van der Waals surface area contributed by atoms with Crippen molar-refractivity contribution >= 4 is 5.69 Å². The predicted molar refractivity (Wildman–Crippen MR) is 63.8 cm³/mol. The van der Waals surface area contributed by atoms with Gasteiger partial charge in [-0.25, -0.2) is 5.10 Å². The number of nitrogens with one attached hydrogen (secondary N) is 1. The number of hydrogen-bond donors (Lipinski definition) is 1. The van der Waals surface area contributed by atoms with Crippen LogP contribution in [0.4, 0.5) is 5.69 Å². The van der Waals surface area contributed by atoms with Gasteiger partial charge in [-0.3, -0.25) is 9.69 Å². The molecular weight excluding hydrogens is 204 g/mol. The molecule has 0 radical (unpaired) electrons. The molecule has 5 heteroatoms. The SMILES string of the molecule is CCCN1CCN(c2cn[nH]c(=O)c2)CC1. The van der Waals surface area contributed by atoms with Crippen LogP contribution in [0, 0.1) is 0 Å².